The van der Waals surface area contributed by atoms with Gasteiger partial charge in [0.1, 0.15) is 0 Å². The Morgan fingerprint density at radius 3 is 2.69 bits per heavy atom. The molecule has 1 aromatic rings. The molecule has 7 nitrogen and oxygen atoms in total. The van der Waals surface area contributed by atoms with E-state index in [1.165, 1.54) is 25.7 Å². The fourth-order valence-corrected chi connectivity index (χ4v) is 3.50. The van der Waals surface area contributed by atoms with E-state index in [1.807, 2.05) is 7.05 Å². The first-order valence-corrected chi connectivity index (χ1v) is 9.84. The van der Waals surface area contributed by atoms with Gasteiger partial charge >= 0.3 is 0 Å². The molecule has 1 heterocycles. The average Bonchev–Trinajstić information content (AvgIpc) is 3.29. The fourth-order valence-electron chi connectivity index (χ4n) is 3.50. The van der Waals surface area contributed by atoms with Gasteiger partial charge in [-0.15, -0.1) is 0 Å². The maximum Gasteiger partial charge on any atom is 0.226 e. The van der Waals surface area contributed by atoms with Crippen LogP contribution in [0.25, 0.3) is 0 Å². The van der Waals surface area contributed by atoms with Crippen LogP contribution < -0.4 is 10.6 Å². The van der Waals surface area contributed by atoms with Crippen LogP contribution in [0.2, 0.25) is 0 Å². The van der Waals surface area contributed by atoms with Crippen molar-refractivity contribution in [1.82, 2.24) is 20.8 Å². The predicted molar refractivity (Wildman–Crippen MR) is 103 cm³/mol. The molecule has 1 fully saturated rings. The van der Waals surface area contributed by atoms with Crippen molar-refractivity contribution in [3.8, 4) is 0 Å². The molecule has 0 aliphatic heterocycles. The maximum absolute atomic E-state index is 5.31. The van der Waals surface area contributed by atoms with Gasteiger partial charge in [-0.25, -0.2) is 0 Å². The van der Waals surface area contributed by atoms with Gasteiger partial charge in [0, 0.05) is 46.2 Å². The van der Waals surface area contributed by atoms with Crippen molar-refractivity contribution in [2.75, 3.05) is 33.9 Å². The highest BCUT2D eigenvalue weighted by Crippen LogP contribution is 2.40. The lowest BCUT2D eigenvalue weighted by Gasteiger charge is -2.29. The van der Waals surface area contributed by atoms with E-state index in [0.29, 0.717) is 17.2 Å². The third-order valence-electron chi connectivity index (χ3n) is 5.22. The highest BCUT2D eigenvalue weighted by atomic mass is 16.5. The summed E-state index contributed by atoms with van der Waals surface area (Å²) in [5.74, 6) is 2.66. The van der Waals surface area contributed by atoms with Crippen LogP contribution in [0.4, 0.5) is 0 Å². The Hall–Kier alpha value is -1.63. The van der Waals surface area contributed by atoms with Crippen LogP contribution in [0.15, 0.2) is 9.52 Å². The first-order chi connectivity index (χ1) is 12.6. The van der Waals surface area contributed by atoms with Crippen LogP contribution in [-0.4, -0.2) is 50.0 Å². The second-order valence-corrected chi connectivity index (χ2v) is 7.61. The molecule has 2 N–H and O–H groups in total. The highest BCUT2D eigenvalue weighted by molar-refractivity contribution is 5.79. The van der Waals surface area contributed by atoms with E-state index in [0.717, 1.165) is 50.7 Å². The number of guanidine groups is 1. The van der Waals surface area contributed by atoms with Crippen LogP contribution in [0.5, 0.6) is 0 Å². The maximum atomic E-state index is 5.31. The SMILES string of the molecule is CN=C(NCCCc1nc(C(C)C)no1)NCC1(CCOC)CCCC1. The summed E-state index contributed by atoms with van der Waals surface area (Å²) < 4.78 is 10.6. The molecule has 7 heteroatoms. The van der Waals surface area contributed by atoms with E-state index in [4.69, 9.17) is 9.26 Å². The molecule has 0 saturated heterocycles. The molecule has 0 aromatic carbocycles. The van der Waals surface area contributed by atoms with Gasteiger partial charge in [0.05, 0.1) is 0 Å². The smallest absolute Gasteiger partial charge is 0.226 e. The van der Waals surface area contributed by atoms with Crippen molar-refractivity contribution < 1.29 is 9.26 Å². The van der Waals surface area contributed by atoms with Gasteiger partial charge in [0.25, 0.3) is 0 Å². The Balaban J connectivity index is 1.70. The Bertz CT molecular complexity index is 550. The number of nitrogens with zero attached hydrogens (tertiary/aromatic N) is 3. The second kappa shape index (κ2) is 10.5. The molecule has 0 amide bonds. The summed E-state index contributed by atoms with van der Waals surface area (Å²) in [4.78, 5) is 8.75. The predicted octanol–water partition coefficient (Wildman–Crippen LogP) is 2.89. The number of aliphatic imine (C=N–C) groups is 1. The molecule has 0 atom stereocenters. The molecule has 1 aromatic heterocycles. The highest BCUT2D eigenvalue weighted by Gasteiger charge is 2.33. The third-order valence-corrected chi connectivity index (χ3v) is 5.22. The molecule has 0 bridgehead atoms. The number of methoxy groups -OCH3 is 1. The normalized spacial score (nSPS) is 17.0. The van der Waals surface area contributed by atoms with Gasteiger partial charge in [-0.2, -0.15) is 4.98 Å². The average molecular weight is 366 g/mol. The lowest BCUT2D eigenvalue weighted by Crippen LogP contribution is -2.43. The largest absolute Gasteiger partial charge is 0.385 e. The molecule has 1 aliphatic carbocycles. The Labute approximate surface area is 157 Å². The lowest BCUT2D eigenvalue weighted by molar-refractivity contribution is 0.138. The number of aryl methyl sites for hydroxylation is 1. The molecule has 0 unspecified atom stereocenters. The van der Waals surface area contributed by atoms with Crippen LogP contribution in [0, 0.1) is 5.41 Å². The lowest BCUT2D eigenvalue weighted by atomic mass is 9.83. The second-order valence-electron chi connectivity index (χ2n) is 7.61. The van der Waals surface area contributed by atoms with E-state index in [9.17, 15) is 0 Å². The molecule has 1 aliphatic rings. The summed E-state index contributed by atoms with van der Waals surface area (Å²) >= 11 is 0. The molecule has 148 valence electrons. The number of hydrogen-bond acceptors (Lipinski definition) is 5. The fraction of sp³-hybridized carbons (Fsp3) is 0.842. The Morgan fingerprint density at radius 2 is 2.08 bits per heavy atom. The zero-order chi connectivity index (χ0) is 18.8. The molecule has 1 saturated carbocycles. The molecule has 0 spiro atoms. The number of hydrogen-bond donors (Lipinski definition) is 2. The Morgan fingerprint density at radius 1 is 1.31 bits per heavy atom. The van der Waals surface area contributed by atoms with Gasteiger partial charge in [0.15, 0.2) is 11.8 Å². The quantitative estimate of drug-likeness (QED) is 0.377. The van der Waals surface area contributed by atoms with Gasteiger partial charge in [-0.05, 0) is 31.1 Å². The van der Waals surface area contributed by atoms with Crippen molar-refractivity contribution in [1.29, 1.82) is 0 Å². The van der Waals surface area contributed by atoms with Crippen molar-refractivity contribution in [3.63, 3.8) is 0 Å². The zero-order valence-electron chi connectivity index (χ0n) is 16.8. The van der Waals surface area contributed by atoms with Crippen LogP contribution >= 0.6 is 0 Å². The molecule has 0 radical (unpaired) electrons. The summed E-state index contributed by atoms with van der Waals surface area (Å²) in [6, 6.07) is 0. The standard InChI is InChI=1S/C19H35N5O2/c1-15(2)17-23-16(26-24-17)8-7-12-21-18(20-3)22-14-19(11-13-25-4)9-5-6-10-19/h15H,5-14H2,1-4H3,(H2,20,21,22). The van der Waals surface area contributed by atoms with E-state index < -0.39 is 0 Å². The summed E-state index contributed by atoms with van der Waals surface area (Å²) in [6.45, 7) is 6.74. The number of aromatic nitrogens is 2. The third kappa shape index (κ3) is 6.27. The van der Waals surface area contributed by atoms with Crippen LogP contribution in [0.1, 0.15) is 70.0 Å². The summed E-state index contributed by atoms with van der Waals surface area (Å²) in [5, 5.41) is 10.9. The topological polar surface area (TPSA) is 84.6 Å². The van der Waals surface area contributed by atoms with Crippen molar-refractivity contribution in [2.24, 2.45) is 10.4 Å². The minimum absolute atomic E-state index is 0.301. The minimum Gasteiger partial charge on any atom is -0.385 e. The van der Waals surface area contributed by atoms with E-state index in [-0.39, 0.29) is 0 Å². The monoisotopic (exact) mass is 365 g/mol. The van der Waals surface area contributed by atoms with E-state index in [2.05, 4.69) is 39.6 Å². The molecular weight excluding hydrogens is 330 g/mol. The van der Waals surface area contributed by atoms with Crippen molar-refractivity contribution in [2.45, 2.75) is 64.7 Å². The molecule has 2 rings (SSSR count). The minimum atomic E-state index is 0.301. The number of nitrogens with one attached hydrogen (secondary N) is 2. The van der Waals surface area contributed by atoms with Gasteiger partial charge in [0.2, 0.25) is 5.89 Å². The number of rotatable bonds is 10. The molecular formula is C19H35N5O2. The van der Waals surface area contributed by atoms with Gasteiger partial charge < -0.3 is 19.9 Å². The van der Waals surface area contributed by atoms with Gasteiger partial charge in [-0.1, -0.05) is 31.8 Å². The van der Waals surface area contributed by atoms with Crippen molar-refractivity contribution in [3.05, 3.63) is 11.7 Å². The molecule has 26 heavy (non-hydrogen) atoms. The summed E-state index contributed by atoms with van der Waals surface area (Å²) in [5.41, 5.74) is 0.352. The number of ether oxygens (including phenoxy) is 1. The summed E-state index contributed by atoms with van der Waals surface area (Å²) in [6.07, 6.45) is 8.00. The Kier molecular flexibility index (Phi) is 8.35. The first kappa shape index (κ1) is 20.7. The zero-order valence-corrected chi connectivity index (χ0v) is 16.8. The van der Waals surface area contributed by atoms with E-state index in [1.54, 1.807) is 7.11 Å². The van der Waals surface area contributed by atoms with Crippen molar-refractivity contribution >= 4 is 5.96 Å². The first-order valence-electron chi connectivity index (χ1n) is 9.84. The van der Waals surface area contributed by atoms with Gasteiger partial charge in [-0.3, -0.25) is 4.99 Å². The van der Waals surface area contributed by atoms with E-state index >= 15 is 0 Å². The summed E-state index contributed by atoms with van der Waals surface area (Å²) in [7, 11) is 3.60. The van der Waals surface area contributed by atoms with Crippen LogP contribution in [0.3, 0.4) is 0 Å². The van der Waals surface area contributed by atoms with Crippen LogP contribution in [-0.2, 0) is 11.2 Å².